The molecule has 1 aliphatic rings. The van der Waals surface area contributed by atoms with E-state index < -0.39 is 52.3 Å². The Hall–Kier alpha value is -1.62. The van der Waals surface area contributed by atoms with Gasteiger partial charge in [0.25, 0.3) is 0 Å². The predicted molar refractivity (Wildman–Crippen MR) is 79.3 cm³/mol. The number of esters is 1. The van der Waals surface area contributed by atoms with Crippen molar-refractivity contribution in [1.29, 1.82) is 0 Å². The van der Waals surface area contributed by atoms with Gasteiger partial charge < -0.3 is 4.74 Å². The number of allylic oxidation sites excluding steroid dienone is 3. The molecule has 0 aromatic heterocycles. The fraction of sp³-hybridized carbons (Fsp3) is 0.562. The van der Waals surface area contributed by atoms with Crippen molar-refractivity contribution >= 4 is 17.6 Å². The van der Waals surface area contributed by atoms with Gasteiger partial charge in [0, 0.05) is 6.08 Å². The molecule has 3 atom stereocenters. The number of carbonyl (C=O) groups excluding carboxylic acids is 1. The maximum atomic E-state index is 12.5. The van der Waals surface area contributed by atoms with Gasteiger partial charge in [-0.2, -0.15) is 26.3 Å². The molecule has 0 heterocycles. The molecule has 0 spiro atoms. The summed E-state index contributed by atoms with van der Waals surface area (Å²) in [4.78, 5) is 12.1. The largest absolute Gasteiger partial charge is 0.444 e. The number of carbonyl (C=O) groups is 1. The maximum Gasteiger partial charge on any atom is 0.426 e. The minimum absolute atomic E-state index is 0.0965. The molecule has 0 aromatic rings. The zero-order valence-electron chi connectivity index (χ0n) is 13.4. The lowest BCUT2D eigenvalue weighted by Crippen LogP contribution is -2.22. The van der Waals surface area contributed by atoms with Crippen molar-refractivity contribution in [3.05, 3.63) is 22.8 Å². The van der Waals surface area contributed by atoms with Crippen LogP contribution in [0.2, 0.25) is 0 Å². The lowest BCUT2D eigenvalue weighted by Gasteiger charge is -2.14. The van der Waals surface area contributed by atoms with Gasteiger partial charge in [-0.1, -0.05) is 37.4 Å². The van der Waals surface area contributed by atoms with Gasteiger partial charge in [-0.3, -0.25) is 4.79 Å². The SMILES string of the molecule is C#CC(OC(=O)C1C(C=C(Cl)C(F)(F)F)C1(C)C)C(C)=CC(F)(F)F. The summed E-state index contributed by atoms with van der Waals surface area (Å²) in [7, 11) is 0. The molecule has 1 saturated carbocycles. The van der Waals surface area contributed by atoms with E-state index in [-0.39, 0.29) is 6.08 Å². The summed E-state index contributed by atoms with van der Waals surface area (Å²) in [6, 6.07) is 0. The van der Waals surface area contributed by atoms with Gasteiger partial charge in [0.05, 0.1) is 5.92 Å². The standard InChI is InChI=1S/C16H15ClF6O2/c1-5-10(8(2)7-15(18,19)20)25-13(24)12-9(14(12,3)4)6-11(17)16(21,22)23/h1,6-7,9-10,12H,2-4H3. The van der Waals surface area contributed by atoms with Gasteiger partial charge in [0.2, 0.25) is 0 Å². The first kappa shape index (κ1) is 21.4. The summed E-state index contributed by atoms with van der Waals surface area (Å²) < 4.78 is 79.3. The summed E-state index contributed by atoms with van der Waals surface area (Å²) in [5, 5.41) is -1.37. The molecule has 1 fully saturated rings. The number of terminal acetylenes is 1. The Morgan fingerprint density at radius 3 is 2.20 bits per heavy atom. The number of ether oxygens (including phenoxy) is 1. The van der Waals surface area contributed by atoms with Crippen LogP contribution in [0.3, 0.4) is 0 Å². The van der Waals surface area contributed by atoms with Gasteiger partial charge in [0.1, 0.15) is 5.03 Å². The highest BCUT2D eigenvalue weighted by Gasteiger charge is 2.62. The van der Waals surface area contributed by atoms with Crippen LogP contribution in [-0.2, 0) is 9.53 Å². The second kappa shape index (κ2) is 6.94. The van der Waals surface area contributed by atoms with E-state index in [1.54, 1.807) is 0 Å². The summed E-state index contributed by atoms with van der Waals surface area (Å²) in [6.45, 7) is 4.08. The van der Waals surface area contributed by atoms with Crippen molar-refractivity contribution in [2.24, 2.45) is 17.3 Å². The molecule has 0 saturated heterocycles. The Labute approximate surface area is 145 Å². The van der Waals surface area contributed by atoms with Gasteiger partial charge in [-0.05, 0) is 23.8 Å². The molecule has 0 aromatic carbocycles. The van der Waals surface area contributed by atoms with Crippen LogP contribution in [0.1, 0.15) is 20.8 Å². The molecule has 1 aliphatic carbocycles. The minimum atomic E-state index is -4.75. The highest BCUT2D eigenvalue weighted by atomic mass is 35.5. The fourth-order valence-electron chi connectivity index (χ4n) is 2.47. The Morgan fingerprint density at radius 1 is 1.28 bits per heavy atom. The molecule has 0 amide bonds. The van der Waals surface area contributed by atoms with Gasteiger partial charge in [0.15, 0.2) is 6.10 Å². The lowest BCUT2D eigenvalue weighted by atomic mass is 10.1. The smallest absolute Gasteiger partial charge is 0.426 e. The molecule has 25 heavy (non-hydrogen) atoms. The zero-order chi connectivity index (χ0) is 19.8. The van der Waals surface area contributed by atoms with E-state index in [4.69, 9.17) is 22.8 Å². The first-order chi connectivity index (χ1) is 11.1. The summed E-state index contributed by atoms with van der Waals surface area (Å²) >= 11 is 5.16. The third-order valence-electron chi connectivity index (χ3n) is 3.95. The summed E-state index contributed by atoms with van der Waals surface area (Å²) in [5.74, 6) is -0.913. The van der Waals surface area contributed by atoms with Crippen LogP contribution in [0.5, 0.6) is 0 Å². The summed E-state index contributed by atoms with van der Waals surface area (Å²) in [5.41, 5.74) is -1.30. The van der Waals surface area contributed by atoms with Gasteiger partial charge >= 0.3 is 18.3 Å². The van der Waals surface area contributed by atoms with Crippen molar-refractivity contribution < 1.29 is 35.9 Å². The molecule has 0 N–H and O–H groups in total. The van der Waals surface area contributed by atoms with Crippen molar-refractivity contribution in [3.63, 3.8) is 0 Å². The van der Waals surface area contributed by atoms with Crippen molar-refractivity contribution in [2.45, 2.75) is 39.2 Å². The molecule has 3 unspecified atom stereocenters. The fourth-order valence-corrected chi connectivity index (χ4v) is 2.61. The van der Waals surface area contributed by atoms with Crippen LogP contribution >= 0.6 is 11.6 Å². The Bertz CT molecular complexity index is 636. The van der Waals surface area contributed by atoms with E-state index in [0.717, 1.165) is 6.92 Å². The highest BCUT2D eigenvalue weighted by Crippen LogP contribution is 2.60. The first-order valence-corrected chi connectivity index (χ1v) is 7.36. The number of rotatable bonds is 4. The molecule has 9 heteroatoms. The third kappa shape index (κ3) is 5.43. The minimum Gasteiger partial charge on any atom is -0.444 e. The normalized spacial score (nSPS) is 25.2. The van der Waals surface area contributed by atoms with E-state index in [9.17, 15) is 31.1 Å². The monoisotopic (exact) mass is 388 g/mol. The van der Waals surface area contributed by atoms with E-state index in [1.165, 1.54) is 13.8 Å². The van der Waals surface area contributed by atoms with Crippen LogP contribution in [0.4, 0.5) is 26.3 Å². The average molecular weight is 389 g/mol. The Balaban J connectivity index is 2.91. The second-order valence-corrected chi connectivity index (χ2v) is 6.66. The van der Waals surface area contributed by atoms with Crippen LogP contribution in [0.15, 0.2) is 22.8 Å². The molecular formula is C16H15ClF6O2. The van der Waals surface area contributed by atoms with E-state index in [0.29, 0.717) is 6.08 Å². The molecule has 2 nitrogen and oxygen atoms in total. The molecule has 0 aliphatic heterocycles. The quantitative estimate of drug-likeness (QED) is 0.293. The second-order valence-electron chi connectivity index (χ2n) is 6.25. The van der Waals surface area contributed by atoms with Crippen LogP contribution < -0.4 is 0 Å². The molecular weight excluding hydrogens is 374 g/mol. The predicted octanol–water partition coefficient (Wildman–Crippen LogP) is 5.00. The zero-order valence-corrected chi connectivity index (χ0v) is 14.2. The number of hydrogen-bond acceptors (Lipinski definition) is 2. The van der Waals surface area contributed by atoms with E-state index >= 15 is 0 Å². The van der Waals surface area contributed by atoms with Gasteiger partial charge in [-0.15, -0.1) is 6.42 Å². The number of halogens is 7. The molecule has 140 valence electrons. The topological polar surface area (TPSA) is 26.3 Å². The van der Waals surface area contributed by atoms with Gasteiger partial charge in [-0.25, -0.2) is 0 Å². The number of hydrogen-bond donors (Lipinski definition) is 0. The van der Waals surface area contributed by atoms with E-state index in [1.807, 2.05) is 5.92 Å². The van der Waals surface area contributed by atoms with Crippen LogP contribution in [0, 0.1) is 29.6 Å². The average Bonchev–Trinajstić information content (AvgIpc) is 2.93. The maximum absolute atomic E-state index is 12.5. The third-order valence-corrected chi connectivity index (χ3v) is 4.29. The molecule has 0 bridgehead atoms. The van der Waals surface area contributed by atoms with Crippen molar-refractivity contribution in [1.82, 2.24) is 0 Å². The van der Waals surface area contributed by atoms with Crippen LogP contribution in [-0.4, -0.2) is 24.4 Å². The van der Waals surface area contributed by atoms with Crippen molar-refractivity contribution in [3.8, 4) is 12.3 Å². The lowest BCUT2D eigenvalue weighted by molar-refractivity contribution is -0.148. The summed E-state index contributed by atoms with van der Waals surface area (Å²) in [6.07, 6.45) is -5.26. The molecule has 0 radical (unpaired) electrons. The first-order valence-electron chi connectivity index (χ1n) is 6.98. The van der Waals surface area contributed by atoms with Crippen molar-refractivity contribution in [2.75, 3.05) is 0 Å². The highest BCUT2D eigenvalue weighted by molar-refractivity contribution is 6.30. The van der Waals surface area contributed by atoms with E-state index in [2.05, 4.69) is 0 Å². The Morgan fingerprint density at radius 2 is 1.80 bits per heavy atom. The number of alkyl halides is 6. The van der Waals surface area contributed by atoms with Crippen LogP contribution in [0.25, 0.3) is 0 Å². The molecule has 1 rings (SSSR count). The Kier molecular flexibility index (Phi) is 5.95.